The third kappa shape index (κ3) is 3.45. The predicted molar refractivity (Wildman–Crippen MR) is 78.7 cm³/mol. The zero-order valence-corrected chi connectivity index (χ0v) is 12.3. The Hall–Kier alpha value is -0.610. The van der Waals surface area contributed by atoms with Gasteiger partial charge in [-0.2, -0.15) is 0 Å². The van der Waals surface area contributed by atoms with Crippen LogP contribution in [-0.2, 0) is 6.54 Å². The standard InChI is InChI=1S/C13H14Cl2N2S/c1-9(13-17-5-6-18-13)7-16-8-10-11(14)3-2-4-12(10)15/h2-6,9,16H,7-8H2,1H3. The van der Waals surface area contributed by atoms with Crippen LogP contribution in [0.2, 0.25) is 10.0 Å². The van der Waals surface area contributed by atoms with Crippen molar-refractivity contribution in [3.05, 3.63) is 50.4 Å². The second-order valence-electron chi connectivity index (χ2n) is 4.10. The molecule has 0 saturated heterocycles. The van der Waals surface area contributed by atoms with Crippen LogP contribution in [0.1, 0.15) is 23.4 Å². The fraction of sp³-hybridized carbons (Fsp3) is 0.308. The summed E-state index contributed by atoms with van der Waals surface area (Å²) >= 11 is 13.9. The molecule has 2 rings (SSSR count). The highest BCUT2D eigenvalue weighted by molar-refractivity contribution is 7.09. The number of nitrogens with one attached hydrogen (secondary N) is 1. The van der Waals surface area contributed by atoms with Crippen molar-refractivity contribution in [2.24, 2.45) is 0 Å². The van der Waals surface area contributed by atoms with E-state index in [0.29, 0.717) is 22.5 Å². The molecule has 0 bridgehead atoms. The van der Waals surface area contributed by atoms with E-state index in [1.807, 2.05) is 29.8 Å². The van der Waals surface area contributed by atoms with Crippen molar-refractivity contribution in [2.75, 3.05) is 6.54 Å². The Bertz CT molecular complexity index is 479. The highest BCUT2D eigenvalue weighted by Gasteiger charge is 2.09. The number of benzene rings is 1. The summed E-state index contributed by atoms with van der Waals surface area (Å²) in [6, 6.07) is 5.57. The molecular weight excluding hydrogens is 287 g/mol. The maximum atomic E-state index is 6.11. The van der Waals surface area contributed by atoms with E-state index in [-0.39, 0.29) is 0 Å². The quantitative estimate of drug-likeness (QED) is 0.888. The summed E-state index contributed by atoms with van der Waals surface area (Å²) in [6.07, 6.45) is 1.83. The Morgan fingerprint density at radius 1 is 1.33 bits per heavy atom. The molecule has 0 spiro atoms. The molecule has 0 amide bonds. The smallest absolute Gasteiger partial charge is 0.0965 e. The van der Waals surface area contributed by atoms with E-state index in [4.69, 9.17) is 23.2 Å². The monoisotopic (exact) mass is 300 g/mol. The zero-order chi connectivity index (χ0) is 13.0. The van der Waals surface area contributed by atoms with Crippen molar-refractivity contribution in [3.63, 3.8) is 0 Å². The maximum absolute atomic E-state index is 6.11. The van der Waals surface area contributed by atoms with Crippen molar-refractivity contribution in [1.82, 2.24) is 10.3 Å². The van der Waals surface area contributed by atoms with Crippen molar-refractivity contribution in [3.8, 4) is 0 Å². The first-order valence-corrected chi connectivity index (χ1v) is 7.35. The molecule has 0 radical (unpaired) electrons. The lowest BCUT2D eigenvalue weighted by Crippen LogP contribution is -2.20. The number of hydrogen-bond acceptors (Lipinski definition) is 3. The van der Waals surface area contributed by atoms with Crippen LogP contribution in [0.3, 0.4) is 0 Å². The van der Waals surface area contributed by atoms with Crippen LogP contribution in [0.5, 0.6) is 0 Å². The summed E-state index contributed by atoms with van der Waals surface area (Å²) in [6.45, 7) is 3.68. The lowest BCUT2D eigenvalue weighted by molar-refractivity contribution is 0.613. The summed E-state index contributed by atoms with van der Waals surface area (Å²) in [4.78, 5) is 4.30. The van der Waals surface area contributed by atoms with Crippen LogP contribution >= 0.6 is 34.5 Å². The molecule has 0 fully saturated rings. The van der Waals surface area contributed by atoms with Gasteiger partial charge in [-0.05, 0) is 12.1 Å². The van der Waals surface area contributed by atoms with Gasteiger partial charge in [-0.3, -0.25) is 0 Å². The molecular formula is C13H14Cl2N2S. The zero-order valence-electron chi connectivity index (χ0n) is 9.99. The van der Waals surface area contributed by atoms with Gasteiger partial charge in [-0.15, -0.1) is 11.3 Å². The second-order valence-corrected chi connectivity index (χ2v) is 5.84. The summed E-state index contributed by atoms with van der Waals surface area (Å²) in [5, 5.41) is 7.92. The Morgan fingerprint density at radius 3 is 2.67 bits per heavy atom. The molecule has 0 aliphatic carbocycles. The summed E-state index contributed by atoms with van der Waals surface area (Å²) < 4.78 is 0. The molecule has 1 aromatic heterocycles. The van der Waals surface area contributed by atoms with Gasteiger partial charge in [0, 0.05) is 46.2 Å². The molecule has 18 heavy (non-hydrogen) atoms. The van der Waals surface area contributed by atoms with E-state index in [2.05, 4.69) is 17.2 Å². The molecule has 5 heteroatoms. The number of hydrogen-bond donors (Lipinski definition) is 1. The van der Waals surface area contributed by atoms with E-state index in [0.717, 1.165) is 17.1 Å². The van der Waals surface area contributed by atoms with Gasteiger partial charge in [0.25, 0.3) is 0 Å². The molecule has 1 N–H and O–H groups in total. The van der Waals surface area contributed by atoms with Crippen LogP contribution < -0.4 is 5.32 Å². The molecule has 2 aromatic rings. The minimum atomic E-state index is 0.395. The van der Waals surface area contributed by atoms with Gasteiger partial charge in [0.1, 0.15) is 0 Å². The summed E-state index contributed by atoms with van der Waals surface area (Å²) in [7, 11) is 0. The number of halogens is 2. The van der Waals surface area contributed by atoms with Gasteiger partial charge in [-0.1, -0.05) is 36.2 Å². The molecule has 2 nitrogen and oxygen atoms in total. The third-order valence-electron chi connectivity index (χ3n) is 2.69. The fourth-order valence-electron chi connectivity index (χ4n) is 1.68. The van der Waals surface area contributed by atoms with Gasteiger partial charge in [-0.25, -0.2) is 4.98 Å². The first kappa shape index (κ1) is 13.8. The molecule has 1 atom stereocenters. The molecule has 1 unspecified atom stereocenters. The Morgan fingerprint density at radius 2 is 2.06 bits per heavy atom. The van der Waals surface area contributed by atoms with Crippen molar-refractivity contribution in [1.29, 1.82) is 0 Å². The van der Waals surface area contributed by atoms with Crippen LogP contribution in [0.15, 0.2) is 29.8 Å². The number of thiazole rings is 1. The summed E-state index contributed by atoms with van der Waals surface area (Å²) in [5.41, 5.74) is 0.951. The predicted octanol–water partition coefficient (Wildman–Crippen LogP) is 4.34. The van der Waals surface area contributed by atoms with Crippen LogP contribution in [0, 0.1) is 0 Å². The van der Waals surface area contributed by atoms with Crippen LogP contribution in [0.4, 0.5) is 0 Å². The molecule has 0 aliphatic heterocycles. The Kier molecular flexibility index (Phi) is 5.01. The average molecular weight is 301 g/mol. The molecule has 1 aromatic carbocycles. The van der Waals surface area contributed by atoms with Crippen molar-refractivity contribution in [2.45, 2.75) is 19.4 Å². The SMILES string of the molecule is CC(CNCc1c(Cl)cccc1Cl)c1nccs1. The van der Waals surface area contributed by atoms with Crippen molar-refractivity contribution < 1.29 is 0 Å². The Labute approximate surface area is 121 Å². The largest absolute Gasteiger partial charge is 0.312 e. The third-order valence-corrected chi connectivity index (χ3v) is 4.40. The minimum Gasteiger partial charge on any atom is -0.312 e. The van der Waals surface area contributed by atoms with E-state index < -0.39 is 0 Å². The summed E-state index contributed by atoms with van der Waals surface area (Å²) in [5.74, 6) is 0.395. The van der Waals surface area contributed by atoms with Gasteiger partial charge < -0.3 is 5.32 Å². The van der Waals surface area contributed by atoms with Gasteiger partial charge in [0.15, 0.2) is 0 Å². The van der Waals surface area contributed by atoms with Gasteiger partial charge in [0.2, 0.25) is 0 Å². The lowest BCUT2D eigenvalue weighted by atomic mass is 10.2. The highest BCUT2D eigenvalue weighted by Crippen LogP contribution is 2.24. The molecule has 0 saturated carbocycles. The Balaban J connectivity index is 1.89. The average Bonchev–Trinajstić information content (AvgIpc) is 2.86. The topological polar surface area (TPSA) is 24.9 Å². The fourth-order valence-corrected chi connectivity index (χ4v) is 2.91. The normalized spacial score (nSPS) is 12.6. The first-order chi connectivity index (χ1) is 8.68. The van der Waals surface area contributed by atoms with E-state index in [1.54, 1.807) is 11.3 Å². The van der Waals surface area contributed by atoms with Crippen LogP contribution in [-0.4, -0.2) is 11.5 Å². The minimum absolute atomic E-state index is 0.395. The van der Waals surface area contributed by atoms with Gasteiger partial charge >= 0.3 is 0 Å². The maximum Gasteiger partial charge on any atom is 0.0965 e. The second kappa shape index (κ2) is 6.53. The van der Waals surface area contributed by atoms with Crippen molar-refractivity contribution >= 4 is 34.5 Å². The van der Waals surface area contributed by atoms with E-state index >= 15 is 0 Å². The van der Waals surface area contributed by atoms with E-state index in [9.17, 15) is 0 Å². The lowest BCUT2D eigenvalue weighted by Gasteiger charge is -2.11. The highest BCUT2D eigenvalue weighted by atomic mass is 35.5. The number of rotatable bonds is 5. The van der Waals surface area contributed by atoms with E-state index in [1.165, 1.54) is 0 Å². The molecule has 1 heterocycles. The molecule has 0 aliphatic rings. The number of nitrogens with zero attached hydrogens (tertiary/aromatic N) is 1. The molecule has 96 valence electrons. The number of aromatic nitrogens is 1. The van der Waals surface area contributed by atoms with Gasteiger partial charge in [0.05, 0.1) is 5.01 Å². The van der Waals surface area contributed by atoms with Crippen LogP contribution in [0.25, 0.3) is 0 Å². The first-order valence-electron chi connectivity index (χ1n) is 5.71.